The van der Waals surface area contributed by atoms with Crippen LogP contribution in [0.25, 0.3) is 5.76 Å². The first-order valence-corrected chi connectivity index (χ1v) is 7.91. The van der Waals surface area contributed by atoms with Crippen LogP contribution >= 0.6 is 0 Å². The van der Waals surface area contributed by atoms with Gasteiger partial charge in [-0.25, -0.2) is 0 Å². The Balaban J connectivity index is 2.28. The Hall–Kier alpha value is -1.96. The Kier molecular flexibility index (Phi) is 3.24. The van der Waals surface area contributed by atoms with E-state index < -0.39 is 0 Å². The minimum absolute atomic E-state index is 0.273. The van der Waals surface area contributed by atoms with Crippen LogP contribution in [-0.2, 0) is 5.41 Å². The molecule has 2 N–H and O–H groups in total. The highest BCUT2D eigenvalue weighted by atomic mass is 16.3. The van der Waals surface area contributed by atoms with Crippen molar-refractivity contribution in [1.29, 1.82) is 0 Å². The molecule has 0 saturated heterocycles. The average molecular weight is 296 g/mol. The SMILES string of the molecule is CC1=C(O)CC2(C)C(=C1C)C=C(O)c1cc(C(C)C)ccc12. The number of fused-ring (bicyclic) bond motifs is 3. The van der Waals surface area contributed by atoms with Gasteiger partial charge in [-0.1, -0.05) is 32.9 Å². The summed E-state index contributed by atoms with van der Waals surface area (Å²) in [6.45, 7) is 10.4. The Morgan fingerprint density at radius 1 is 1.09 bits per heavy atom. The Bertz CT molecular complexity index is 747. The molecule has 1 aromatic rings. The van der Waals surface area contributed by atoms with E-state index in [1.54, 1.807) is 0 Å². The van der Waals surface area contributed by atoms with Crippen molar-refractivity contribution in [3.63, 3.8) is 0 Å². The van der Waals surface area contributed by atoms with Crippen LogP contribution in [0.4, 0.5) is 0 Å². The van der Waals surface area contributed by atoms with Crippen LogP contribution in [-0.4, -0.2) is 10.2 Å². The van der Waals surface area contributed by atoms with Gasteiger partial charge in [0.2, 0.25) is 0 Å². The molecule has 1 aromatic carbocycles. The molecule has 0 aromatic heterocycles. The maximum absolute atomic E-state index is 10.5. The van der Waals surface area contributed by atoms with E-state index in [0.29, 0.717) is 23.9 Å². The summed E-state index contributed by atoms with van der Waals surface area (Å²) in [6, 6.07) is 6.35. The summed E-state index contributed by atoms with van der Waals surface area (Å²) in [5, 5.41) is 20.9. The van der Waals surface area contributed by atoms with E-state index >= 15 is 0 Å². The number of rotatable bonds is 1. The lowest BCUT2D eigenvalue weighted by atomic mass is 9.63. The third kappa shape index (κ3) is 1.93. The van der Waals surface area contributed by atoms with Gasteiger partial charge in [0.1, 0.15) is 5.76 Å². The summed E-state index contributed by atoms with van der Waals surface area (Å²) < 4.78 is 0. The molecule has 0 saturated carbocycles. The zero-order valence-corrected chi connectivity index (χ0v) is 14.0. The fourth-order valence-electron chi connectivity index (χ4n) is 3.73. The first-order valence-electron chi connectivity index (χ1n) is 7.91. The van der Waals surface area contributed by atoms with Gasteiger partial charge in [0.25, 0.3) is 0 Å². The van der Waals surface area contributed by atoms with Crippen molar-refractivity contribution in [2.45, 2.75) is 52.4 Å². The third-order valence-corrected chi connectivity index (χ3v) is 5.38. The molecule has 116 valence electrons. The van der Waals surface area contributed by atoms with Crippen LogP contribution in [0, 0.1) is 0 Å². The molecule has 2 aliphatic rings. The van der Waals surface area contributed by atoms with E-state index in [1.807, 2.05) is 19.9 Å². The van der Waals surface area contributed by atoms with E-state index in [0.717, 1.165) is 27.8 Å². The Labute approximate surface area is 132 Å². The van der Waals surface area contributed by atoms with Crippen LogP contribution in [0.2, 0.25) is 0 Å². The molecule has 2 heteroatoms. The van der Waals surface area contributed by atoms with Crippen molar-refractivity contribution in [2.24, 2.45) is 0 Å². The predicted molar refractivity (Wildman–Crippen MR) is 91.1 cm³/mol. The summed E-state index contributed by atoms with van der Waals surface area (Å²) >= 11 is 0. The zero-order chi connectivity index (χ0) is 16.2. The van der Waals surface area contributed by atoms with Crippen molar-refractivity contribution >= 4 is 5.76 Å². The zero-order valence-electron chi connectivity index (χ0n) is 14.0. The number of aliphatic hydroxyl groups is 2. The van der Waals surface area contributed by atoms with E-state index in [2.05, 4.69) is 39.0 Å². The molecule has 0 radical (unpaired) electrons. The van der Waals surface area contributed by atoms with Crippen molar-refractivity contribution in [3.05, 3.63) is 63.4 Å². The van der Waals surface area contributed by atoms with Gasteiger partial charge in [-0.2, -0.15) is 0 Å². The van der Waals surface area contributed by atoms with Crippen LogP contribution in [0.1, 0.15) is 63.6 Å². The van der Waals surface area contributed by atoms with Crippen molar-refractivity contribution in [1.82, 2.24) is 0 Å². The summed E-state index contributed by atoms with van der Waals surface area (Å²) in [4.78, 5) is 0. The molecule has 1 atom stereocenters. The first kappa shape index (κ1) is 15.0. The first-order chi connectivity index (χ1) is 10.3. The van der Waals surface area contributed by atoms with Crippen molar-refractivity contribution < 1.29 is 10.2 Å². The quantitative estimate of drug-likeness (QED) is 0.715. The van der Waals surface area contributed by atoms with Crippen molar-refractivity contribution in [3.8, 4) is 0 Å². The molecule has 1 unspecified atom stereocenters. The topological polar surface area (TPSA) is 40.5 Å². The fraction of sp³-hybridized carbons (Fsp3) is 0.400. The lowest BCUT2D eigenvalue weighted by Crippen LogP contribution is -2.32. The van der Waals surface area contributed by atoms with Gasteiger partial charge in [-0.3, -0.25) is 0 Å². The minimum Gasteiger partial charge on any atom is -0.512 e. The molecule has 3 rings (SSSR count). The maximum Gasteiger partial charge on any atom is 0.123 e. The van der Waals surface area contributed by atoms with Crippen LogP contribution in [0.15, 0.2) is 46.8 Å². The van der Waals surface area contributed by atoms with Gasteiger partial charge in [-0.15, -0.1) is 0 Å². The molecule has 0 heterocycles. The number of aliphatic hydroxyl groups excluding tert-OH is 2. The standard InChI is InChI=1S/C20H24O2/c1-11(2)14-6-7-16-15(8-14)18(21)9-17-12(3)13(4)19(22)10-20(16,17)5/h6-9,11,21-22H,10H2,1-5H3. The minimum atomic E-state index is -0.273. The summed E-state index contributed by atoms with van der Waals surface area (Å²) in [6.07, 6.45) is 2.47. The molecule has 2 nitrogen and oxygen atoms in total. The number of allylic oxidation sites excluding steroid dienone is 5. The van der Waals surface area contributed by atoms with E-state index in [-0.39, 0.29) is 5.41 Å². The maximum atomic E-state index is 10.5. The molecule has 0 spiro atoms. The van der Waals surface area contributed by atoms with E-state index in [4.69, 9.17) is 0 Å². The second-order valence-electron chi connectivity index (χ2n) is 7.11. The van der Waals surface area contributed by atoms with E-state index in [9.17, 15) is 10.2 Å². The van der Waals surface area contributed by atoms with Crippen LogP contribution in [0.5, 0.6) is 0 Å². The van der Waals surface area contributed by atoms with Gasteiger partial charge in [0, 0.05) is 17.4 Å². The van der Waals surface area contributed by atoms with Gasteiger partial charge >= 0.3 is 0 Å². The summed E-state index contributed by atoms with van der Waals surface area (Å²) in [5.41, 5.74) is 6.06. The number of hydrogen-bond acceptors (Lipinski definition) is 2. The summed E-state index contributed by atoms with van der Waals surface area (Å²) in [7, 11) is 0. The molecule has 22 heavy (non-hydrogen) atoms. The molecular weight excluding hydrogens is 272 g/mol. The molecule has 0 aliphatic heterocycles. The highest BCUT2D eigenvalue weighted by Crippen LogP contribution is 2.50. The molecule has 0 fully saturated rings. The highest BCUT2D eigenvalue weighted by Gasteiger charge is 2.41. The normalized spacial score (nSPS) is 24.4. The van der Waals surface area contributed by atoms with Crippen LogP contribution < -0.4 is 0 Å². The molecular formula is C20H24O2. The third-order valence-electron chi connectivity index (χ3n) is 5.38. The lowest BCUT2D eigenvalue weighted by Gasteiger charge is -2.41. The Morgan fingerprint density at radius 3 is 2.41 bits per heavy atom. The largest absolute Gasteiger partial charge is 0.512 e. The molecule has 2 aliphatic carbocycles. The number of benzene rings is 1. The van der Waals surface area contributed by atoms with Crippen LogP contribution in [0.3, 0.4) is 0 Å². The summed E-state index contributed by atoms with van der Waals surface area (Å²) in [5.74, 6) is 1.21. The fourth-order valence-corrected chi connectivity index (χ4v) is 3.73. The van der Waals surface area contributed by atoms with Gasteiger partial charge in [0.15, 0.2) is 0 Å². The smallest absolute Gasteiger partial charge is 0.123 e. The van der Waals surface area contributed by atoms with Gasteiger partial charge < -0.3 is 10.2 Å². The number of hydrogen-bond donors (Lipinski definition) is 2. The van der Waals surface area contributed by atoms with Gasteiger partial charge in [-0.05, 0) is 59.8 Å². The monoisotopic (exact) mass is 296 g/mol. The second kappa shape index (κ2) is 4.77. The van der Waals surface area contributed by atoms with E-state index in [1.165, 1.54) is 5.56 Å². The van der Waals surface area contributed by atoms with Gasteiger partial charge in [0.05, 0.1) is 5.76 Å². The second-order valence-corrected chi connectivity index (χ2v) is 7.11. The molecule has 0 amide bonds. The average Bonchev–Trinajstić information content (AvgIpc) is 2.47. The lowest BCUT2D eigenvalue weighted by molar-refractivity contribution is 0.337. The Morgan fingerprint density at radius 2 is 1.77 bits per heavy atom. The molecule has 0 bridgehead atoms. The highest BCUT2D eigenvalue weighted by molar-refractivity contribution is 5.75. The predicted octanol–water partition coefficient (Wildman–Crippen LogP) is 5.53. The van der Waals surface area contributed by atoms with Crippen molar-refractivity contribution in [2.75, 3.05) is 0 Å².